The molecule has 2 heteroatoms. The monoisotopic (exact) mass is 387 g/mol. The minimum Gasteiger partial charge on any atom is -0.410 e. The highest BCUT2D eigenvalue weighted by Gasteiger charge is 2.29. The van der Waals surface area contributed by atoms with Gasteiger partial charge in [0.1, 0.15) is 0 Å². The van der Waals surface area contributed by atoms with Gasteiger partial charge in [0, 0.05) is 5.92 Å². The van der Waals surface area contributed by atoms with Crippen molar-refractivity contribution in [3.8, 4) is 0 Å². The average Bonchev–Trinajstić information content (AvgIpc) is 2.67. The van der Waals surface area contributed by atoms with Crippen LogP contribution in [0.25, 0.3) is 0 Å². The van der Waals surface area contributed by atoms with E-state index in [2.05, 4.69) is 119 Å². The van der Waals surface area contributed by atoms with Crippen molar-refractivity contribution < 1.29 is 4.43 Å². The Hall–Kier alpha value is -2.16. The molecule has 3 aromatic rings. The van der Waals surface area contributed by atoms with Crippen LogP contribution in [0.3, 0.4) is 0 Å². The van der Waals surface area contributed by atoms with E-state index in [1.165, 1.54) is 22.3 Å². The first-order valence-electron chi connectivity index (χ1n) is 10.0. The van der Waals surface area contributed by atoms with Gasteiger partial charge in [-0.05, 0) is 40.8 Å². The molecule has 0 aliphatic heterocycles. The van der Waals surface area contributed by atoms with Gasteiger partial charge in [-0.2, -0.15) is 0 Å². The van der Waals surface area contributed by atoms with Crippen molar-refractivity contribution in [1.82, 2.24) is 0 Å². The molecule has 1 unspecified atom stereocenters. The number of rotatable bonds is 6. The molecule has 0 aliphatic rings. The van der Waals surface area contributed by atoms with Crippen molar-refractivity contribution >= 4 is 9.04 Å². The van der Waals surface area contributed by atoms with E-state index >= 15 is 0 Å². The highest BCUT2D eigenvalue weighted by Crippen LogP contribution is 2.39. The maximum atomic E-state index is 6.45. The number of hydrogen-bond acceptors (Lipinski definition) is 1. The molecule has 0 aromatic heterocycles. The second kappa shape index (κ2) is 8.89. The summed E-state index contributed by atoms with van der Waals surface area (Å²) < 4.78 is 6.45. The van der Waals surface area contributed by atoms with Gasteiger partial charge < -0.3 is 4.43 Å². The summed E-state index contributed by atoms with van der Waals surface area (Å²) in [6.07, 6.45) is 0.100. The molecule has 1 nitrogen and oxygen atoms in total. The summed E-state index contributed by atoms with van der Waals surface area (Å²) in [7, 11) is -0.799. The minimum atomic E-state index is -0.799. The summed E-state index contributed by atoms with van der Waals surface area (Å²) >= 11 is 0. The highest BCUT2D eigenvalue weighted by atomic mass is 28.3. The zero-order valence-electron chi connectivity index (χ0n) is 17.6. The molecule has 0 N–H and O–H groups in total. The maximum absolute atomic E-state index is 6.45. The average molecular weight is 388 g/mol. The summed E-state index contributed by atoms with van der Waals surface area (Å²) in [6, 6.07) is 30.6. The fraction of sp³-hybridized carbons (Fsp3) is 0.308. The van der Waals surface area contributed by atoms with Crippen molar-refractivity contribution in [2.45, 2.75) is 45.9 Å². The molecule has 0 spiro atoms. The molecule has 0 saturated carbocycles. The fourth-order valence-corrected chi connectivity index (χ4v) is 4.71. The van der Waals surface area contributed by atoms with Crippen LogP contribution in [-0.4, -0.2) is 9.04 Å². The van der Waals surface area contributed by atoms with Crippen LogP contribution < -0.4 is 0 Å². The van der Waals surface area contributed by atoms with Crippen LogP contribution in [0.5, 0.6) is 0 Å². The van der Waals surface area contributed by atoms with E-state index in [9.17, 15) is 0 Å². The second-order valence-electron chi connectivity index (χ2n) is 8.70. The van der Waals surface area contributed by atoms with Crippen molar-refractivity contribution in [1.29, 1.82) is 0 Å². The number of hydrogen-bond donors (Lipinski definition) is 0. The largest absolute Gasteiger partial charge is 0.410 e. The van der Waals surface area contributed by atoms with Crippen molar-refractivity contribution in [3.63, 3.8) is 0 Å². The van der Waals surface area contributed by atoms with Crippen LogP contribution in [0.15, 0.2) is 84.9 Å². The summed E-state index contributed by atoms with van der Waals surface area (Å²) in [4.78, 5) is 0. The Bertz CT molecular complexity index is 826. The first-order chi connectivity index (χ1) is 13.4. The smallest absolute Gasteiger partial charge is 0.205 e. The highest BCUT2D eigenvalue weighted by molar-refractivity contribution is 6.48. The maximum Gasteiger partial charge on any atom is 0.205 e. The van der Waals surface area contributed by atoms with Crippen LogP contribution in [0, 0.1) is 5.41 Å². The normalized spacial score (nSPS) is 13.1. The van der Waals surface area contributed by atoms with Crippen LogP contribution in [0.1, 0.15) is 55.0 Å². The fourth-order valence-electron chi connectivity index (χ4n) is 3.75. The van der Waals surface area contributed by atoms with Crippen LogP contribution in [-0.2, 0) is 4.43 Å². The zero-order chi connectivity index (χ0) is 20.1. The van der Waals surface area contributed by atoms with Gasteiger partial charge in [0.25, 0.3) is 0 Å². The first-order valence-corrected chi connectivity index (χ1v) is 12.4. The third kappa shape index (κ3) is 5.01. The lowest BCUT2D eigenvalue weighted by molar-refractivity contribution is 0.0865. The third-order valence-electron chi connectivity index (χ3n) is 4.95. The van der Waals surface area contributed by atoms with E-state index in [-0.39, 0.29) is 17.4 Å². The predicted molar refractivity (Wildman–Crippen MR) is 121 cm³/mol. The van der Waals surface area contributed by atoms with Gasteiger partial charge in [-0.3, -0.25) is 0 Å². The van der Waals surface area contributed by atoms with Gasteiger partial charge in [-0.1, -0.05) is 106 Å². The molecule has 28 heavy (non-hydrogen) atoms. The standard InChI is InChI=1S/C26H31OSi/c1-26(2,3)25(27-28(4)5)23-18-12-17-22(19-23)24(20-13-8-6-9-14-20)21-15-10-7-11-16-21/h6-19,24-25H,1-5H3. The molecule has 0 bridgehead atoms. The van der Waals surface area contributed by atoms with Gasteiger partial charge in [0.05, 0.1) is 6.10 Å². The molecule has 0 aliphatic carbocycles. The van der Waals surface area contributed by atoms with Crippen molar-refractivity contribution in [3.05, 3.63) is 107 Å². The van der Waals surface area contributed by atoms with Gasteiger partial charge in [0.15, 0.2) is 0 Å². The number of benzene rings is 3. The van der Waals surface area contributed by atoms with E-state index in [1.807, 2.05) is 0 Å². The third-order valence-corrected chi connectivity index (χ3v) is 5.66. The molecular formula is C26H31OSi. The molecule has 1 radical (unpaired) electrons. The molecule has 0 heterocycles. The first kappa shape index (κ1) is 20.6. The molecule has 1 atom stereocenters. The lowest BCUT2D eigenvalue weighted by atomic mass is 9.81. The van der Waals surface area contributed by atoms with E-state index in [0.717, 1.165) is 0 Å². The summed E-state index contributed by atoms with van der Waals surface area (Å²) in [5, 5.41) is 0. The topological polar surface area (TPSA) is 9.23 Å². The van der Waals surface area contributed by atoms with Gasteiger partial charge >= 0.3 is 0 Å². The molecule has 145 valence electrons. The zero-order valence-corrected chi connectivity index (χ0v) is 18.6. The van der Waals surface area contributed by atoms with Gasteiger partial charge in [-0.25, -0.2) is 0 Å². The molecule has 0 saturated heterocycles. The van der Waals surface area contributed by atoms with Crippen LogP contribution in [0.4, 0.5) is 0 Å². The Morgan fingerprint density at radius 1 is 0.643 bits per heavy atom. The van der Waals surface area contributed by atoms with Crippen LogP contribution >= 0.6 is 0 Å². The lowest BCUT2D eigenvalue weighted by Crippen LogP contribution is -2.26. The minimum absolute atomic E-state index is 0.0511. The molecule has 3 rings (SSSR count). The summed E-state index contributed by atoms with van der Waals surface area (Å²) in [6.45, 7) is 11.2. The quantitative estimate of drug-likeness (QED) is 0.320. The SMILES string of the molecule is C[Si](C)OC(c1cccc(C(c2ccccc2)c2ccccc2)c1)C(C)(C)C. The summed E-state index contributed by atoms with van der Waals surface area (Å²) in [5.74, 6) is 0.219. The van der Waals surface area contributed by atoms with Crippen molar-refractivity contribution in [2.75, 3.05) is 0 Å². The molecule has 0 amide bonds. The predicted octanol–water partition coefficient (Wildman–Crippen LogP) is 7.22. The van der Waals surface area contributed by atoms with E-state index in [0.29, 0.717) is 0 Å². The Morgan fingerprint density at radius 3 is 1.57 bits per heavy atom. The van der Waals surface area contributed by atoms with Gasteiger partial charge in [0.2, 0.25) is 9.04 Å². The Balaban J connectivity index is 2.08. The summed E-state index contributed by atoms with van der Waals surface area (Å²) in [5.41, 5.74) is 5.27. The van der Waals surface area contributed by atoms with E-state index in [4.69, 9.17) is 4.43 Å². The molecule has 3 aromatic carbocycles. The Labute approximate surface area is 172 Å². The van der Waals surface area contributed by atoms with E-state index < -0.39 is 9.04 Å². The lowest BCUT2D eigenvalue weighted by Gasteiger charge is -2.33. The van der Waals surface area contributed by atoms with Crippen LogP contribution in [0.2, 0.25) is 13.1 Å². The van der Waals surface area contributed by atoms with Crippen molar-refractivity contribution in [2.24, 2.45) is 5.41 Å². The Morgan fingerprint density at radius 2 is 1.11 bits per heavy atom. The molecule has 0 fully saturated rings. The second-order valence-corrected chi connectivity index (χ2v) is 10.7. The van der Waals surface area contributed by atoms with E-state index in [1.54, 1.807) is 0 Å². The Kier molecular flexibility index (Phi) is 6.53. The molecular weight excluding hydrogens is 356 g/mol. The van der Waals surface area contributed by atoms with Gasteiger partial charge in [-0.15, -0.1) is 0 Å².